The van der Waals surface area contributed by atoms with Gasteiger partial charge in [0.15, 0.2) is 0 Å². The average molecular weight is 582 g/mol. The van der Waals surface area contributed by atoms with Gasteiger partial charge in [-0.05, 0) is 62.6 Å². The van der Waals surface area contributed by atoms with Gasteiger partial charge in [-0.25, -0.2) is 4.79 Å². The van der Waals surface area contributed by atoms with Gasteiger partial charge in [0, 0.05) is 24.2 Å². The molecule has 0 radical (unpaired) electrons. The van der Waals surface area contributed by atoms with Crippen LogP contribution in [0.4, 0.5) is 13.2 Å². The van der Waals surface area contributed by atoms with E-state index in [4.69, 9.17) is 16.3 Å². The number of hydrogen-bond donors (Lipinski definition) is 0. The normalized spacial score (nSPS) is 16.1. The molecule has 208 valence electrons. The predicted octanol–water partition coefficient (Wildman–Crippen LogP) is 6.33. The molecule has 0 spiro atoms. The Balaban J connectivity index is 1.48. The summed E-state index contributed by atoms with van der Waals surface area (Å²) in [4.78, 5) is 25.1. The van der Waals surface area contributed by atoms with Crippen LogP contribution in [0.1, 0.15) is 38.3 Å². The Labute approximate surface area is 232 Å². The van der Waals surface area contributed by atoms with Gasteiger partial charge in [0.25, 0.3) is 0 Å². The van der Waals surface area contributed by atoms with Gasteiger partial charge in [0.1, 0.15) is 15.8 Å². The molecule has 7 nitrogen and oxygen atoms in total. The third kappa shape index (κ3) is 6.95. The van der Waals surface area contributed by atoms with E-state index in [1.54, 1.807) is 6.07 Å². The summed E-state index contributed by atoms with van der Waals surface area (Å²) in [5, 5.41) is 10.7. The molecule has 0 amide bonds. The molecular formula is C27H27ClF3N3O4S. The van der Waals surface area contributed by atoms with Crippen molar-refractivity contribution in [2.75, 3.05) is 13.1 Å². The molecular weight excluding hydrogens is 555 g/mol. The smallest absolute Gasteiger partial charge is 0.489 e. The Morgan fingerprint density at radius 2 is 1.92 bits per heavy atom. The van der Waals surface area contributed by atoms with E-state index in [2.05, 4.69) is 14.9 Å². The molecule has 39 heavy (non-hydrogen) atoms. The van der Waals surface area contributed by atoms with E-state index < -0.39 is 24.0 Å². The van der Waals surface area contributed by atoms with Crippen LogP contribution in [0.15, 0.2) is 36.4 Å². The highest BCUT2D eigenvalue weighted by atomic mass is 35.5. The van der Waals surface area contributed by atoms with Crippen LogP contribution >= 0.6 is 22.9 Å². The highest BCUT2D eigenvalue weighted by molar-refractivity contribution is 7.17. The molecule has 1 fully saturated rings. The zero-order valence-corrected chi connectivity index (χ0v) is 23.1. The van der Waals surface area contributed by atoms with Crippen LogP contribution < -0.4 is 4.74 Å². The van der Waals surface area contributed by atoms with E-state index in [1.165, 1.54) is 11.3 Å². The van der Waals surface area contributed by atoms with Gasteiger partial charge >= 0.3 is 18.1 Å². The van der Waals surface area contributed by atoms with Crippen molar-refractivity contribution < 1.29 is 32.2 Å². The van der Waals surface area contributed by atoms with Gasteiger partial charge in [-0.1, -0.05) is 48.1 Å². The summed E-state index contributed by atoms with van der Waals surface area (Å²) in [5.74, 6) is -3.81. The maximum Gasteiger partial charge on any atom is 0.491 e. The lowest BCUT2D eigenvalue weighted by molar-refractivity contribution is -0.203. The zero-order chi connectivity index (χ0) is 28.3. The van der Waals surface area contributed by atoms with Crippen molar-refractivity contribution in [2.24, 2.45) is 5.92 Å². The quantitative estimate of drug-likeness (QED) is 0.227. The molecule has 2 aromatic carbocycles. The van der Waals surface area contributed by atoms with Crippen molar-refractivity contribution >= 4 is 34.9 Å². The summed E-state index contributed by atoms with van der Waals surface area (Å²) in [5.41, 5.74) is 3.85. The lowest BCUT2D eigenvalue weighted by Gasteiger charge is -2.19. The highest BCUT2D eigenvalue weighted by Gasteiger charge is 2.44. The predicted molar refractivity (Wildman–Crippen MR) is 141 cm³/mol. The van der Waals surface area contributed by atoms with Gasteiger partial charge in [0.05, 0.1) is 17.0 Å². The number of carbonyl (C=O) groups excluding carboxylic acids is 2. The van der Waals surface area contributed by atoms with E-state index in [0.29, 0.717) is 41.7 Å². The summed E-state index contributed by atoms with van der Waals surface area (Å²) in [6.45, 7) is 7.08. The minimum absolute atomic E-state index is 0.0000715. The number of nitrogens with zero attached hydrogens (tertiary/aromatic N) is 3. The molecule has 1 aromatic heterocycles. The molecule has 0 aliphatic carbocycles. The van der Waals surface area contributed by atoms with Crippen LogP contribution in [0.2, 0.25) is 5.02 Å². The van der Waals surface area contributed by atoms with E-state index in [1.807, 2.05) is 56.0 Å². The summed E-state index contributed by atoms with van der Waals surface area (Å²) in [6, 6.07) is 11.4. The number of rotatable bonds is 8. The monoisotopic (exact) mass is 581 g/mol. The van der Waals surface area contributed by atoms with Crippen LogP contribution in [0.5, 0.6) is 5.75 Å². The first-order valence-corrected chi connectivity index (χ1v) is 13.6. The fraction of sp³-hybridized carbons (Fsp3) is 0.407. The number of esters is 2. The largest absolute Gasteiger partial charge is 0.491 e. The first-order chi connectivity index (χ1) is 18.5. The van der Waals surface area contributed by atoms with E-state index >= 15 is 0 Å². The van der Waals surface area contributed by atoms with Crippen molar-refractivity contribution in [1.29, 1.82) is 0 Å². The third-order valence-electron chi connectivity index (χ3n) is 6.25. The standard InChI is InChI=1S/C27H27ClF3N3O4S/c1-4-19-17(13-34-11-10-18(14-34)25(35)38-26(36)27(29,30)31)6-5-7-20(19)24-33-32-23(39-24)16-8-9-22(21(28)12-16)37-15(2)3/h5-9,12,15,18H,4,10-11,13-14H2,1-3H3. The Morgan fingerprint density at radius 1 is 1.18 bits per heavy atom. The number of benzene rings is 2. The molecule has 12 heteroatoms. The summed E-state index contributed by atoms with van der Waals surface area (Å²) >= 11 is 7.84. The number of likely N-dealkylation sites (tertiary alicyclic amines) is 1. The van der Waals surface area contributed by atoms with E-state index in [0.717, 1.165) is 27.3 Å². The van der Waals surface area contributed by atoms with E-state index in [9.17, 15) is 22.8 Å². The van der Waals surface area contributed by atoms with Crippen LogP contribution in [0, 0.1) is 5.92 Å². The Morgan fingerprint density at radius 3 is 2.59 bits per heavy atom. The first-order valence-electron chi connectivity index (χ1n) is 12.4. The molecule has 1 atom stereocenters. The minimum atomic E-state index is -5.20. The average Bonchev–Trinajstić information content (AvgIpc) is 3.54. The van der Waals surface area contributed by atoms with Crippen LogP contribution in [-0.2, 0) is 27.3 Å². The maximum absolute atomic E-state index is 12.4. The molecule has 1 saturated heterocycles. The maximum atomic E-state index is 12.4. The fourth-order valence-corrected chi connectivity index (χ4v) is 5.59. The van der Waals surface area contributed by atoms with Gasteiger partial charge in [-0.3, -0.25) is 9.69 Å². The lowest BCUT2D eigenvalue weighted by atomic mass is 9.98. The molecule has 1 unspecified atom stereocenters. The van der Waals surface area contributed by atoms with E-state index in [-0.39, 0.29) is 12.6 Å². The molecule has 0 saturated carbocycles. The number of carbonyl (C=O) groups is 2. The summed E-state index contributed by atoms with van der Waals surface area (Å²) in [6.07, 6.45) is -4.17. The number of halogens is 4. The molecule has 2 heterocycles. The van der Waals surface area contributed by atoms with Crippen molar-refractivity contribution in [3.05, 3.63) is 52.5 Å². The van der Waals surface area contributed by atoms with Crippen LogP contribution in [0.3, 0.4) is 0 Å². The molecule has 0 N–H and O–H groups in total. The number of aromatic nitrogens is 2. The minimum Gasteiger partial charge on any atom is -0.489 e. The van der Waals surface area contributed by atoms with Crippen molar-refractivity contribution in [2.45, 2.75) is 52.4 Å². The first kappa shape index (κ1) is 29.0. The zero-order valence-electron chi connectivity index (χ0n) is 21.5. The lowest BCUT2D eigenvalue weighted by Crippen LogP contribution is -2.32. The van der Waals surface area contributed by atoms with Crippen LogP contribution in [-0.4, -0.2) is 52.4 Å². The second-order valence-corrected chi connectivity index (χ2v) is 10.8. The highest BCUT2D eigenvalue weighted by Crippen LogP contribution is 2.37. The summed E-state index contributed by atoms with van der Waals surface area (Å²) in [7, 11) is 0. The topological polar surface area (TPSA) is 81.6 Å². The Kier molecular flexibility index (Phi) is 8.93. The van der Waals surface area contributed by atoms with Crippen LogP contribution in [0.25, 0.3) is 21.1 Å². The van der Waals surface area contributed by atoms with Crippen molar-refractivity contribution in [3.8, 4) is 26.9 Å². The third-order valence-corrected chi connectivity index (χ3v) is 7.55. The molecule has 3 aromatic rings. The van der Waals surface area contributed by atoms with Gasteiger partial charge < -0.3 is 9.47 Å². The SMILES string of the molecule is CCc1c(CN2CCC(C(=O)OC(=O)C(F)(F)F)C2)cccc1-c1nnc(-c2ccc(OC(C)C)c(Cl)c2)s1. The van der Waals surface area contributed by atoms with Crippen molar-refractivity contribution in [3.63, 3.8) is 0 Å². The molecule has 0 bridgehead atoms. The van der Waals surface area contributed by atoms with Gasteiger partial charge in [-0.2, -0.15) is 13.2 Å². The summed E-state index contributed by atoms with van der Waals surface area (Å²) < 4.78 is 47.0. The number of alkyl halides is 3. The second-order valence-electron chi connectivity index (χ2n) is 9.45. The molecule has 4 rings (SSSR count). The second kappa shape index (κ2) is 12.0. The van der Waals surface area contributed by atoms with Gasteiger partial charge in [-0.15, -0.1) is 10.2 Å². The van der Waals surface area contributed by atoms with Crippen molar-refractivity contribution in [1.82, 2.24) is 15.1 Å². The number of hydrogen-bond acceptors (Lipinski definition) is 8. The Bertz CT molecular complexity index is 1360. The fourth-order valence-electron chi connectivity index (χ4n) is 4.47. The number of ether oxygens (including phenoxy) is 2. The Hall–Kier alpha value is -3.02. The molecule has 1 aliphatic rings. The van der Waals surface area contributed by atoms with Gasteiger partial charge in [0.2, 0.25) is 0 Å². The molecule has 1 aliphatic heterocycles.